The second-order valence-electron chi connectivity index (χ2n) is 3.77. The predicted octanol–water partition coefficient (Wildman–Crippen LogP) is 0.769. The van der Waals surface area contributed by atoms with Crippen molar-refractivity contribution < 1.29 is 14.3 Å². The summed E-state index contributed by atoms with van der Waals surface area (Å²) in [5.74, 6) is 0.154. The first-order chi connectivity index (χ1) is 7.25. The van der Waals surface area contributed by atoms with Gasteiger partial charge in [0.1, 0.15) is 6.26 Å². The summed E-state index contributed by atoms with van der Waals surface area (Å²) < 4.78 is 5.30. The molecule has 2 rings (SSSR count). The fraction of sp³-hybridized carbons (Fsp3) is 0.600. The highest BCUT2D eigenvalue weighted by atomic mass is 16.4. The minimum absolute atomic E-state index is 0.0610. The molecule has 0 unspecified atom stereocenters. The molecule has 0 aliphatic carbocycles. The maximum Gasteiger partial charge on any atom is 0.309 e. The Morgan fingerprint density at radius 2 is 2.33 bits per heavy atom. The van der Waals surface area contributed by atoms with Gasteiger partial charge in [0.2, 0.25) is 0 Å². The summed E-state index contributed by atoms with van der Waals surface area (Å²) in [7, 11) is 0. The molecule has 0 atom stereocenters. The normalized spacial score (nSPS) is 17.9. The molecule has 5 heteroatoms. The summed E-state index contributed by atoms with van der Waals surface area (Å²) in [5.41, 5.74) is 0.510. The molecule has 2 N–H and O–H groups in total. The Bertz CT molecular complexity index is 342. The summed E-state index contributed by atoms with van der Waals surface area (Å²) in [6.07, 6.45) is 3.40. The van der Waals surface area contributed by atoms with E-state index in [1.165, 1.54) is 6.26 Å². The number of carboxylic acid groups (broad SMARTS) is 1. The van der Waals surface area contributed by atoms with Crippen molar-refractivity contribution in [3.05, 3.63) is 17.8 Å². The monoisotopic (exact) mass is 210 g/mol. The van der Waals surface area contributed by atoms with Gasteiger partial charge in [-0.15, -0.1) is 0 Å². The molecule has 1 aromatic rings. The van der Waals surface area contributed by atoms with Crippen LogP contribution in [-0.2, 0) is 11.2 Å². The number of aliphatic carboxylic acids is 1. The van der Waals surface area contributed by atoms with Crippen LogP contribution in [0.4, 0.5) is 0 Å². The van der Waals surface area contributed by atoms with Gasteiger partial charge in [-0.05, 0) is 25.9 Å². The Morgan fingerprint density at radius 3 is 3.00 bits per heavy atom. The van der Waals surface area contributed by atoms with Crippen molar-refractivity contribution >= 4 is 5.97 Å². The number of oxazole rings is 1. The van der Waals surface area contributed by atoms with Gasteiger partial charge in [0.15, 0.2) is 5.89 Å². The molecule has 1 saturated heterocycles. The second kappa shape index (κ2) is 4.44. The lowest BCUT2D eigenvalue weighted by Crippen LogP contribution is -2.26. The molecule has 0 radical (unpaired) electrons. The maximum absolute atomic E-state index is 10.5. The van der Waals surface area contributed by atoms with Crippen molar-refractivity contribution in [1.29, 1.82) is 0 Å². The number of carboxylic acids is 1. The summed E-state index contributed by atoms with van der Waals surface area (Å²) >= 11 is 0. The van der Waals surface area contributed by atoms with Crippen LogP contribution in [0.2, 0.25) is 0 Å². The van der Waals surface area contributed by atoms with Gasteiger partial charge in [0.05, 0.1) is 12.1 Å². The van der Waals surface area contributed by atoms with Crippen molar-refractivity contribution in [3.63, 3.8) is 0 Å². The quantitative estimate of drug-likeness (QED) is 0.770. The molecular formula is C10H14N2O3. The largest absolute Gasteiger partial charge is 0.481 e. The van der Waals surface area contributed by atoms with Crippen LogP contribution in [-0.4, -0.2) is 29.1 Å². The van der Waals surface area contributed by atoms with E-state index in [0.29, 0.717) is 17.5 Å². The number of hydrogen-bond acceptors (Lipinski definition) is 4. The Balaban J connectivity index is 2.02. The second-order valence-corrected chi connectivity index (χ2v) is 3.77. The van der Waals surface area contributed by atoms with E-state index >= 15 is 0 Å². The highest BCUT2D eigenvalue weighted by molar-refractivity contribution is 5.69. The number of aromatic nitrogens is 1. The van der Waals surface area contributed by atoms with Crippen LogP contribution in [0.25, 0.3) is 0 Å². The lowest BCUT2D eigenvalue weighted by molar-refractivity contribution is -0.136. The molecule has 0 spiro atoms. The molecule has 1 aliphatic rings. The zero-order valence-electron chi connectivity index (χ0n) is 8.40. The zero-order valence-corrected chi connectivity index (χ0v) is 8.40. The number of hydrogen-bond donors (Lipinski definition) is 2. The van der Waals surface area contributed by atoms with Crippen LogP contribution in [0.15, 0.2) is 10.7 Å². The third kappa shape index (κ3) is 2.56. The van der Waals surface area contributed by atoms with Gasteiger partial charge < -0.3 is 14.8 Å². The molecule has 0 saturated carbocycles. The average molecular weight is 210 g/mol. The molecule has 1 aliphatic heterocycles. The van der Waals surface area contributed by atoms with Gasteiger partial charge in [-0.2, -0.15) is 0 Å². The molecule has 1 fully saturated rings. The van der Waals surface area contributed by atoms with E-state index in [1.54, 1.807) is 0 Å². The molecule has 1 aromatic heterocycles. The van der Waals surface area contributed by atoms with E-state index < -0.39 is 5.97 Å². The van der Waals surface area contributed by atoms with Crippen LogP contribution in [0.1, 0.15) is 30.3 Å². The van der Waals surface area contributed by atoms with Crippen LogP contribution < -0.4 is 5.32 Å². The van der Waals surface area contributed by atoms with Crippen molar-refractivity contribution in [2.24, 2.45) is 0 Å². The van der Waals surface area contributed by atoms with Crippen LogP contribution in [0, 0.1) is 0 Å². The molecule has 2 heterocycles. The van der Waals surface area contributed by atoms with E-state index in [-0.39, 0.29) is 6.42 Å². The van der Waals surface area contributed by atoms with E-state index in [0.717, 1.165) is 25.9 Å². The van der Waals surface area contributed by atoms with E-state index in [4.69, 9.17) is 9.52 Å². The Hall–Kier alpha value is -1.36. The van der Waals surface area contributed by atoms with Crippen LogP contribution in [0.3, 0.4) is 0 Å². The summed E-state index contributed by atoms with van der Waals surface area (Å²) in [4.78, 5) is 14.7. The van der Waals surface area contributed by atoms with Gasteiger partial charge in [0.25, 0.3) is 0 Å². The van der Waals surface area contributed by atoms with E-state index in [9.17, 15) is 4.79 Å². The Morgan fingerprint density at radius 1 is 1.60 bits per heavy atom. The lowest BCUT2D eigenvalue weighted by atomic mass is 9.98. The lowest BCUT2D eigenvalue weighted by Gasteiger charge is -2.19. The number of nitrogens with zero attached hydrogens (tertiary/aromatic N) is 1. The van der Waals surface area contributed by atoms with Gasteiger partial charge in [-0.25, -0.2) is 4.98 Å². The maximum atomic E-state index is 10.5. The van der Waals surface area contributed by atoms with E-state index in [1.807, 2.05) is 0 Å². The minimum atomic E-state index is -0.875. The fourth-order valence-corrected chi connectivity index (χ4v) is 1.82. The Kier molecular flexibility index (Phi) is 3.01. The topological polar surface area (TPSA) is 75.4 Å². The molecule has 15 heavy (non-hydrogen) atoms. The first-order valence-corrected chi connectivity index (χ1v) is 5.12. The van der Waals surface area contributed by atoms with Crippen molar-refractivity contribution in [3.8, 4) is 0 Å². The SMILES string of the molecule is O=C(O)Cc1coc(C2CCNCC2)n1. The van der Waals surface area contributed by atoms with Crippen molar-refractivity contribution in [1.82, 2.24) is 10.3 Å². The molecule has 0 bridgehead atoms. The third-order valence-electron chi connectivity index (χ3n) is 2.59. The van der Waals surface area contributed by atoms with Gasteiger partial charge in [-0.3, -0.25) is 4.79 Å². The van der Waals surface area contributed by atoms with Crippen molar-refractivity contribution in [2.45, 2.75) is 25.2 Å². The number of carbonyl (C=O) groups is 1. The molecular weight excluding hydrogens is 196 g/mol. The fourth-order valence-electron chi connectivity index (χ4n) is 1.82. The third-order valence-corrected chi connectivity index (χ3v) is 2.59. The first kappa shape index (κ1) is 10.2. The predicted molar refractivity (Wildman–Crippen MR) is 52.7 cm³/mol. The zero-order chi connectivity index (χ0) is 10.7. The molecule has 0 aromatic carbocycles. The number of nitrogens with one attached hydrogen (secondary N) is 1. The average Bonchev–Trinajstić information content (AvgIpc) is 2.67. The number of piperidine rings is 1. The van der Waals surface area contributed by atoms with Crippen molar-refractivity contribution in [2.75, 3.05) is 13.1 Å². The Labute approximate surface area is 87.5 Å². The molecule has 82 valence electrons. The summed E-state index contributed by atoms with van der Waals surface area (Å²) in [6.45, 7) is 1.95. The summed E-state index contributed by atoms with van der Waals surface area (Å²) in [6, 6.07) is 0. The molecule has 5 nitrogen and oxygen atoms in total. The summed E-state index contributed by atoms with van der Waals surface area (Å²) in [5, 5.41) is 11.9. The van der Waals surface area contributed by atoms with E-state index in [2.05, 4.69) is 10.3 Å². The first-order valence-electron chi connectivity index (χ1n) is 5.12. The van der Waals surface area contributed by atoms with Gasteiger partial charge in [-0.1, -0.05) is 0 Å². The van der Waals surface area contributed by atoms with Gasteiger partial charge in [0, 0.05) is 5.92 Å². The standard InChI is InChI=1S/C10H14N2O3/c13-9(14)5-8-6-15-10(12-8)7-1-3-11-4-2-7/h6-7,11H,1-5H2,(H,13,14). The smallest absolute Gasteiger partial charge is 0.309 e. The van der Waals surface area contributed by atoms with Crippen LogP contribution >= 0.6 is 0 Å². The highest BCUT2D eigenvalue weighted by Gasteiger charge is 2.20. The van der Waals surface area contributed by atoms with Gasteiger partial charge >= 0.3 is 5.97 Å². The molecule has 0 amide bonds. The highest BCUT2D eigenvalue weighted by Crippen LogP contribution is 2.24. The minimum Gasteiger partial charge on any atom is -0.481 e. The number of rotatable bonds is 3. The van der Waals surface area contributed by atoms with Crippen LogP contribution in [0.5, 0.6) is 0 Å².